The summed E-state index contributed by atoms with van der Waals surface area (Å²) in [6.07, 6.45) is 1.66. The number of likely N-dealkylation sites (tertiary alicyclic amines) is 1. The highest BCUT2D eigenvalue weighted by Gasteiger charge is 2.29. The molecule has 4 heteroatoms. The summed E-state index contributed by atoms with van der Waals surface area (Å²) in [5, 5.41) is 3.02. The minimum atomic E-state index is -0.205. The Morgan fingerprint density at radius 3 is 2.89 bits per heavy atom. The molecule has 1 unspecified atom stereocenters. The summed E-state index contributed by atoms with van der Waals surface area (Å²) in [7, 11) is 1.82. The maximum atomic E-state index is 13.0. The number of rotatable bonds is 4. The molecule has 1 aliphatic heterocycles. The normalized spacial score (nSPS) is 19.6. The van der Waals surface area contributed by atoms with Gasteiger partial charge in [0, 0.05) is 13.1 Å². The largest absolute Gasteiger partial charge is 0.341 e. The van der Waals surface area contributed by atoms with Gasteiger partial charge in [-0.15, -0.1) is 0 Å². The number of nitrogens with zero attached hydrogens (tertiary/aromatic N) is 1. The topological polar surface area (TPSA) is 32.3 Å². The van der Waals surface area contributed by atoms with Crippen molar-refractivity contribution in [3.8, 4) is 0 Å². The molecule has 1 amide bonds. The molecule has 1 atom stereocenters. The molecule has 0 aromatic heterocycles. The Morgan fingerprint density at radius 2 is 2.28 bits per heavy atom. The van der Waals surface area contributed by atoms with Gasteiger partial charge in [0.25, 0.3) is 0 Å². The summed E-state index contributed by atoms with van der Waals surface area (Å²) in [5.74, 6) is -0.0268. The lowest BCUT2D eigenvalue weighted by molar-refractivity contribution is -0.129. The Morgan fingerprint density at radius 1 is 1.50 bits per heavy atom. The van der Waals surface area contributed by atoms with E-state index in [4.69, 9.17) is 0 Å². The summed E-state index contributed by atoms with van der Waals surface area (Å²) < 4.78 is 13.0. The number of carbonyl (C=O) groups is 1. The van der Waals surface area contributed by atoms with Crippen molar-refractivity contribution in [3.63, 3.8) is 0 Å². The van der Waals surface area contributed by atoms with Gasteiger partial charge >= 0.3 is 0 Å². The summed E-state index contributed by atoms with van der Waals surface area (Å²) >= 11 is 0. The minimum absolute atomic E-state index is 0.0284. The van der Waals surface area contributed by atoms with Gasteiger partial charge in [-0.1, -0.05) is 6.07 Å². The minimum Gasteiger partial charge on any atom is -0.341 e. The fourth-order valence-electron chi connectivity index (χ4n) is 2.42. The van der Waals surface area contributed by atoms with Crippen molar-refractivity contribution in [2.75, 3.05) is 20.1 Å². The molecule has 2 rings (SSSR count). The number of amides is 1. The van der Waals surface area contributed by atoms with Crippen LogP contribution in [-0.4, -0.2) is 37.0 Å². The molecule has 0 spiro atoms. The summed E-state index contributed by atoms with van der Waals surface area (Å²) in [4.78, 5) is 13.8. The Bertz CT molecular complexity index is 447. The second-order valence-electron chi connectivity index (χ2n) is 4.78. The first kappa shape index (κ1) is 13.0. The fourth-order valence-corrected chi connectivity index (χ4v) is 2.42. The average Bonchev–Trinajstić information content (AvgIpc) is 2.69. The molecular formula is C14H19FN2O. The maximum Gasteiger partial charge on any atom is 0.239 e. The predicted molar refractivity (Wildman–Crippen MR) is 68.9 cm³/mol. The van der Waals surface area contributed by atoms with Crippen molar-refractivity contribution < 1.29 is 9.18 Å². The standard InChI is InChI=1S/C14H19FN2O/c1-10-9-12(15)4-3-11(10)5-7-17-8-6-13(16-2)14(17)18/h3-4,9,13,16H,5-8H2,1-2H3. The Balaban J connectivity index is 1.94. The number of halogens is 1. The number of hydrogen-bond acceptors (Lipinski definition) is 2. The van der Waals surface area contributed by atoms with E-state index in [0.717, 1.165) is 30.5 Å². The zero-order chi connectivity index (χ0) is 13.1. The fraction of sp³-hybridized carbons (Fsp3) is 0.500. The third-order valence-electron chi connectivity index (χ3n) is 3.60. The molecule has 3 nitrogen and oxygen atoms in total. The molecule has 0 aliphatic carbocycles. The lowest BCUT2D eigenvalue weighted by atomic mass is 10.1. The second kappa shape index (κ2) is 5.48. The van der Waals surface area contributed by atoms with Crippen LogP contribution in [0.4, 0.5) is 4.39 Å². The SMILES string of the molecule is CNC1CCN(CCc2ccc(F)cc2C)C1=O. The third-order valence-corrected chi connectivity index (χ3v) is 3.60. The van der Waals surface area contributed by atoms with Crippen LogP contribution in [0.2, 0.25) is 0 Å². The molecular weight excluding hydrogens is 231 g/mol. The maximum absolute atomic E-state index is 13.0. The summed E-state index contributed by atoms with van der Waals surface area (Å²) in [6.45, 7) is 3.43. The predicted octanol–water partition coefficient (Wildman–Crippen LogP) is 1.50. The first-order valence-electron chi connectivity index (χ1n) is 6.33. The first-order chi connectivity index (χ1) is 8.61. The Kier molecular flexibility index (Phi) is 3.97. The van der Waals surface area contributed by atoms with Crippen LogP contribution in [0.15, 0.2) is 18.2 Å². The molecule has 1 saturated heterocycles. The van der Waals surface area contributed by atoms with Crippen molar-refractivity contribution in [2.24, 2.45) is 0 Å². The van der Waals surface area contributed by atoms with Crippen LogP contribution in [-0.2, 0) is 11.2 Å². The highest BCUT2D eigenvalue weighted by atomic mass is 19.1. The van der Waals surface area contributed by atoms with E-state index in [1.807, 2.05) is 18.9 Å². The van der Waals surface area contributed by atoms with Crippen LogP contribution in [0.3, 0.4) is 0 Å². The molecule has 1 aromatic carbocycles. The lowest BCUT2D eigenvalue weighted by Gasteiger charge is -2.17. The molecule has 1 N–H and O–H groups in total. The van der Waals surface area contributed by atoms with E-state index in [2.05, 4.69) is 5.32 Å². The van der Waals surface area contributed by atoms with Crippen LogP contribution in [0.5, 0.6) is 0 Å². The number of aryl methyl sites for hydroxylation is 1. The summed E-state index contributed by atoms with van der Waals surface area (Å²) in [6, 6.07) is 4.79. The third kappa shape index (κ3) is 2.70. The van der Waals surface area contributed by atoms with E-state index >= 15 is 0 Å². The Hall–Kier alpha value is -1.42. The van der Waals surface area contributed by atoms with Crippen molar-refractivity contribution in [3.05, 3.63) is 35.1 Å². The smallest absolute Gasteiger partial charge is 0.239 e. The van der Waals surface area contributed by atoms with Gasteiger partial charge in [-0.3, -0.25) is 4.79 Å². The Labute approximate surface area is 107 Å². The van der Waals surface area contributed by atoms with Crippen molar-refractivity contribution >= 4 is 5.91 Å². The van der Waals surface area contributed by atoms with E-state index in [0.29, 0.717) is 6.54 Å². The van der Waals surface area contributed by atoms with E-state index in [-0.39, 0.29) is 17.8 Å². The van der Waals surface area contributed by atoms with Crippen LogP contribution >= 0.6 is 0 Å². The number of nitrogens with one attached hydrogen (secondary N) is 1. The van der Waals surface area contributed by atoms with Gasteiger partial charge in [-0.2, -0.15) is 0 Å². The van der Waals surface area contributed by atoms with Gasteiger partial charge in [0.2, 0.25) is 5.91 Å². The van der Waals surface area contributed by atoms with E-state index < -0.39 is 0 Å². The highest BCUT2D eigenvalue weighted by Crippen LogP contribution is 2.14. The molecule has 0 radical (unpaired) electrons. The molecule has 18 heavy (non-hydrogen) atoms. The average molecular weight is 250 g/mol. The van der Waals surface area contributed by atoms with Gasteiger partial charge < -0.3 is 10.2 Å². The van der Waals surface area contributed by atoms with Gasteiger partial charge in [0.1, 0.15) is 5.82 Å². The van der Waals surface area contributed by atoms with E-state index in [1.165, 1.54) is 12.1 Å². The molecule has 98 valence electrons. The van der Waals surface area contributed by atoms with Crippen LogP contribution in [0.1, 0.15) is 17.5 Å². The second-order valence-corrected chi connectivity index (χ2v) is 4.78. The molecule has 0 bridgehead atoms. The number of benzene rings is 1. The first-order valence-corrected chi connectivity index (χ1v) is 6.33. The van der Waals surface area contributed by atoms with Gasteiger partial charge in [-0.25, -0.2) is 4.39 Å². The zero-order valence-corrected chi connectivity index (χ0v) is 10.9. The van der Waals surface area contributed by atoms with Gasteiger partial charge in [-0.05, 0) is 50.1 Å². The molecule has 1 aliphatic rings. The van der Waals surface area contributed by atoms with E-state index in [9.17, 15) is 9.18 Å². The summed E-state index contributed by atoms with van der Waals surface area (Å²) in [5.41, 5.74) is 2.06. The number of hydrogen-bond donors (Lipinski definition) is 1. The van der Waals surface area contributed by atoms with Crippen molar-refractivity contribution in [1.82, 2.24) is 10.2 Å². The van der Waals surface area contributed by atoms with Gasteiger partial charge in [0.15, 0.2) is 0 Å². The van der Waals surface area contributed by atoms with Crippen molar-refractivity contribution in [2.45, 2.75) is 25.8 Å². The molecule has 1 aromatic rings. The van der Waals surface area contributed by atoms with E-state index in [1.54, 1.807) is 6.07 Å². The number of carbonyl (C=O) groups excluding carboxylic acids is 1. The zero-order valence-electron chi connectivity index (χ0n) is 10.9. The highest BCUT2D eigenvalue weighted by molar-refractivity contribution is 5.83. The molecule has 1 heterocycles. The molecule has 1 fully saturated rings. The molecule has 0 saturated carbocycles. The number of likely N-dealkylation sites (N-methyl/N-ethyl adjacent to an activating group) is 1. The monoisotopic (exact) mass is 250 g/mol. The van der Waals surface area contributed by atoms with Crippen LogP contribution < -0.4 is 5.32 Å². The van der Waals surface area contributed by atoms with Gasteiger partial charge in [0.05, 0.1) is 6.04 Å². The quantitative estimate of drug-likeness (QED) is 0.878. The lowest BCUT2D eigenvalue weighted by Crippen LogP contribution is -2.37. The van der Waals surface area contributed by atoms with Crippen LogP contribution in [0.25, 0.3) is 0 Å². The van der Waals surface area contributed by atoms with Crippen LogP contribution in [0, 0.1) is 12.7 Å². The van der Waals surface area contributed by atoms with Crippen molar-refractivity contribution in [1.29, 1.82) is 0 Å².